The van der Waals surface area contributed by atoms with Crippen LogP contribution in [0.2, 0.25) is 0 Å². The van der Waals surface area contributed by atoms with Crippen LogP contribution in [0.5, 0.6) is 0 Å². The molecule has 0 N–H and O–H groups in total. The lowest BCUT2D eigenvalue weighted by Crippen LogP contribution is -2.11. The molecular weight excluding hydrogens is 345 g/mol. The lowest BCUT2D eigenvalue weighted by atomic mass is 9.78. The second-order valence-corrected chi connectivity index (χ2v) is 6.88. The summed E-state index contributed by atoms with van der Waals surface area (Å²) in [5, 5.41) is 0. The largest absolute Gasteiger partial charge is 0.416 e. The van der Waals surface area contributed by atoms with Crippen molar-refractivity contribution in [1.82, 2.24) is 0 Å². The van der Waals surface area contributed by atoms with Crippen molar-refractivity contribution in [3.8, 4) is 11.1 Å². The maximum atomic E-state index is 12.6. The van der Waals surface area contributed by atoms with Crippen LogP contribution in [0.1, 0.15) is 42.7 Å². The van der Waals surface area contributed by atoms with Crippen molar-refractivity contribution >= 4 is 11.6 Å². The third kappa shape index (κ3) is 4.46. The molecule has 0 saturated heterocycles. The van der Waals surface area contributed by atoms with E-state index in [1.54, 1.807) is 5.54 Å². The maximum Gasteiger partial charge on any atom is 0.416 e. The Morgan fingerprint density at radius 2 is 1.32 bits per heavy atom. The second kappa shape index (κ2) is 7.65. The summed E-state index contributed by atoms with van der Waals surface area (Å²) in [6.45, 7) is 0. The Morgan fingerprint density at radius 3 is 1.80 bits per heavy atom. The first kappa shape index (κ1) is 18.1. The Hall–Kier alpha value is -1.74. The predicted octanol–water partition coefficient (Wildman–Crippen LogP) is 7.40. The Kier molecular flexibility index (Phi) is 5.53. The zero-order valence-electron chi connectivity index (χ0n) is 13.8. The van der Waals surface area contributed by atoms with E-state index in [4.69, 9.17) is 11.6 Å². The van der Waals surface area contributed by atoms with E-state index in [0.717, 1.165) is 48.9 Å². The first-order valence-electron chi connectivity index (χ1n) is 8.52. The van der Waals surface area contributed by atoms with Crippen molar-refractivity contribution in [3.63, 3.8) is 0 Å². The van der Waals surface area contributed by atoms with E-state index in [-0.39, 0.29) is 0 Å². The van der Waals surface area contributed by atoms with Gasteiger partial charge in [0.25, 0.3) is 0 Å². The minimum atomic E-state index is -4.29. The highest BCUT2D eigenvalue weighted by atomic mass is 35.5. The van der Waals surface area contributed by atoms with Gasteiger partial charge in [-0.25, -0.2) is 0 Å². The van der Waals surface area contributed by atoms with Gasteiger partial charge < -0.3 is 0 Å². The van der Waals surface area contributed by atoms with Crippen molar-refractivity contribution in [3.05, 3.63) is 71.3 Å². The molecule has 2 aromatic carbocycles. The number of hydrogen-bond donors (Lipinski definition) is 0. The Labute approximate surface area is 151 Å². The Balaban J connectivity index is 1.68. The van der Waals surface area contributed by atoms with Gasteiger partial charge in [-0.3, -0.25) is 0 Å². The molecule has 0 heterocycles. The molecule has 3 rings (SSSR count). The highest BCUT2D eigenvalue weighted by molar-refractivity contribution is 6.25. The van der Waals surface area contributed by atoms with E-state index < -0.39 is 11.7 Å². The molecule has 2 aromatic rings. The van der Waals surface area contributed by atoms with E-state index in [1.807, 2.05) is 12.1 Å². The normalized spacial score (nSPS) is 21.6. The summed E-state index contributed by atoms with van der Waals surface area (Å²) < 4.78 is 37.9. The summed E-state index contributed by atoms with van der Waals surface area (Å²) in [4.78, 5) is 0. The smallest absolute Gasteiger partial charge is 0.166 e. The fourth-order valence-electron chi connectivity index (χ4n) is 3.55. The molecule has 0 atom stereocenters. The van der Waals surface area contributed by atoms with Crippen LogP contribution in [0, 0.1) is 5.92 Å². The molecule has 0 radical (unpaired) electrons. The number of allylic oxidation sites excluding steroid dienone is 1. The van der Waals surface area contributed by atoms with Gasteiger partial charge in [-0.2, -0.15) is 13.2 Å². The highest BCUT2D eigenvalue weighted by Crippen LogP contribution is 2.37. The third-order valence-electron chi connectivity index (χ3n) is 5.04. The molecule has 0 spiro atoms. The fraction of sp³-hybridized carbons (Fsp3) is 0.333. The van der Waals surface area contributed by atoms with Gasteiger partial charge in [0.2, 0.25) is 0 Å². The molecule has 0 aromatic heterocycles. The van der Waals surface area contributed by atoms with Crippen molar-refractivity contribution in [2.45, 2.75) is 37.8 Å². The minimum Gasteiger partial charge on any atom is -0.166 e. The zero-order chi connectivity index (χ0) is 17.9. The first-order valence-corrected chi connectivity index (χ1v) is 8.95. The molecule has 0 bridgehead atoms. The Bertz CT molecular complexity index is 706. The molecule has 132 valence electrons. The van der Waals surface area contributed by atoms with Crippen molar-refractivity contribution < 1.29 is 13.2 Å². The second-order valence-electron chi connectivity index (χ2n) is 6.63. The van der Waals surface area contributed by atoms with Crippen LogP contribution in [0.15, 0.2) is 60.1 Å². The number of rotatable bonds is 3. The van der Waals surface area contributed by atoms with Crippen LogP contribution >= 0.6 is 11.6 Å². The van der Waals surface area contributed by atoms with Crippen LogP contribution in [-0.4, -0.2) is 0 Å². The number of halogens is 4. The van der Waals surface area contributed by atoms with Crippen LogP contribution in [0.25, 0.3) is 11.1 Å². The summed E-state index contributed by atoms with van der Waals surface area (Å²) in [5.41, 5.74) is 4.05. The van der Waals surface area contributed by atoms with Crippen molar-refractivity contribution in [1.29, 1.82) is 0 Å². The highest BCUT2D eigenvalue weighted by Gasteiger charge is 2.30. The number of benzene rings is 2. The van der Waals surface area contributed by atoms with Crippen LogP contribution in [-0.2, 0) is 6.18 Å². The molecule has 0 nitrogen and oxygen atoms in total. The molecule has 1 aliphatic rings. The monoisotopic (exact) mass is 364 g/mol. The lowest BCUT2D eigenvalue weighted by Gasteiger charge is -2.27. The molecule has 1 saturated carbocycles. The summed E-state index contributed by atoms with van der Waals surface area (Å²) in [5.74, 6) is 1.14. The first-order chi connectivity index (χ1) is 12.0. The lowest BCUT2D eigenvalue weighted by molar-refractivity contribution is -0.137. The van der Waals surface area contributed by atoms with Gasteiger partial charge in [-0.1, -0.05) is 54.1 Å². The summed E-state index contributed by atoms with van der Waals surface area (Å²) in [6.07, 6.45) is 2.37. The summed E-state index contributed by atoms with van der Waals surface area (Å²) in [7, 11) is 0. The van der Waals surface area contributed by atoms with Gasteiger partial charge in [0.05, 0.1) is 5.56 Å². The quantitative estimate of drug-likeness (QED) is 0.532. The Morgan fingerprint density at radius 1 is 0.800 bits per heavy atom. The van der Waals surface area contributed by atoms with Gasteiger partial charge in [-0.15, -0.1) is 0 Å². The third-order valence-corrected chi connectivity index (χ3v) is 5.19. The maximum absolute atomic E-state index is 12.6. The number of alkyl halides is 3. The summed E-state index contributed by atoms with van der Waals surface area (Å²) >= 11 is 5.66. The SMILES string of the molecule is FC(F)(F)c1ccc(-c2ccc([C@H]3CC[C@H](/C=C/Cl)CC3)cc2)cc1. The molecule has 25 heavy (non-hydrogen) atoms. The van der Waals surface area contributed by atoms with Gasteiger partial charge >= 0.3 is 6.18 Å². The van der Waals surface area contributed by atoms with Crippen LogP contribution in [0.4, 0.5) is 13.2 Å². The van der Waals surface area contributed by atoms with E-state index in [0.29, 0.717) is 11.8 Å². The van der Waals surface area contributed by atoms with Crippen LogP contribution < -0.4 is 0 Å². The molecule has 0 unspecified atom stereocenters. The fourth-order valence-corrected chi connectivity index (χ4v) is 3.75. The van der Waals surface area contributed by atoms with Crippen LogP contribution in [0.3, 0.4) is 0 Å². The van der Waals surface area contributed by atoms with E-state index in [9.17, 15) is 13.2 Å². The zero-order valence-corrected chi connectivity index (χ0v) is 14.5. The molecule has 1 fully saturated rings. The average Bonchev–Trinajstić information content (AvgIpc) is 2.62. The standard InChI is InChI=1S/C21H20ClF3/c22-14-13-15-1-3-16(4-2-15)17-5-7-18(8-6-17)19-9-11-20(12-10-19)21(23,24)25/h5-16H,1-4H2/b14-13+/t15-,16-. The van der Waals surface area contributed by atoms with Crippen molar-refractivity contribution in [2.24, 2.45) is 5.92 Å². The average molecular weight is 365 g/mol. The molecule has 0 amide bonds. The van der Waals surface area contributed by atoms with Gasteiger partial charge in [0, 0.05) is 5.54 Å². The minimum absolute atomic E-state index is 0.557. The predicted molar refractivity (Wildman–Crippen MR) is 96.6 cm³/mol. The topological polar surface area (TPSA) is 0 Å². The number of hydrogen-bond acceptors (Lipinski definition) is 0. The molecule has 1 aliphatic carbocycles. The van der Waals surface area contributed by atoms with E-state index in [2.05, 4.69) is 18.2 Å². The van der Waals surface area contributed by atoms with Gasteiger partial charge in [0.15, 0.2) is 0 Å². The van der Waals surface area contributed by atoms with E-state index >= 15 is 0 Å². The van der Waals surface area contributed by atoms with Crippen molar-refractivity contribution in [2.75, 3.05) is 0 Å². The molecule has 0 aliphatic heterocycles. The molecular formula is C21H20ClF3. The van der Waals surface area contributed by atoms with E-state index in [1.165, 1.54) is 17.7 Å². The van der Waals surface area contributed by atoms with Gasteiger partial charge in [-0.05, 0) is 66.3 Å². The summed E-state index contributed by atoms with van der Waals surface area (Å²) in [6, 6.07) is 13.5. The van der Waals surface area contributed by atoms with Gasteiger partial charge in [0.1, 0.15) is 0 Å². The molecule has 4 heteroatoms.